The molecule has 0 aliphatic heterocycles. The molecule has 3 N–H and O–H groups in total. The van der Waals surface area contributed by atoms with Gasteiger partial charge in [0.05, 0.1) is 18.9 Å². The van der Waals surface area contributed by atoms with Gasteiger partial charge in [0.25, 0.3) is 0 Å². The number of nitrogens with one attached hydrogen (secondary N) is 2. The molecule has 1 aromatic rings. The number of hydrogen-bond donors (Lipinski definition) is 3. The molecule has 1 aromatic carbocycles. The fraction of sp³-hybridized carbons (Fsp3) is 0.533. The molecule has 0 aliphatic carbocycles. The van der Waals surface area contributed by atoms with Gasteiger partial charge in [-0.05, 0) is 45.0 Å². The van der Waals surface area contributed by atoms with E-state index < -0.39 is 0 Å². The van der Waals surface area contributed by atoms with E-state index in [1.807, 2.05) is 6.92 Å². The van der Waals surface area contributed by atoms with Crippen LogP contribution in [-0.4, -0.2) is 36.8 Å². The zero-order valence-electron chi connectivity index (χ0n) is 12.6. The van der Waals surface area contributed by atoms with E-state index in [1.54, 1.807) is 32.2 Å². The van der Waals surface area contributed by atoms with Gasteiger partial charge >= 0.3 is 0 Å². The van der Waals surface area contributed by atoms with E-state index in [1.165, 1.54) is 0 Å². The molecule has 0 aliphatic rings. The monoisotopic (exact) mass is 314 g/mol. The number of aliphatic hydroxyl groups excluding tert-OH is 1. The van der Waals surface area contributed by atoms with E-state index in [0.29, 0.717) is 35.8 Å². The molecule has 0 heterocycles. The van der Waals surface area contributed by atoms with Gasteiger partial charge in [-0.25, -0.2) is 0 Å². The quantitative estimate of drug-likeness (QED) is 0.689. The number of rotatable bonds is 8. The Morgan fingerprint density at radius 2 is 2.14 bits per heavy atom. The standard InChI is InChI=1S/C15H23ClN2O3/c1-10(17-7-6-11(2)19)8-15(20)18-13-9-12(16)4-5-14(13)21-3/h4-5,9-11,17,19H,6-8H2,1-3H3,(H,18,20). The van der Waals surface area contributed by atoms with Gasteiger partial charge in [-0.1, -0.05) is 11.6 Å². The predicted molar refractivity (Wildman–Crippen MR) is 85.0 cm³/mol. The number of anilines is 1. The normalized spacial score (nSPS) is 13.6. The maximum absolute atomic E-state index is 12.0. The third kappa shape index (κ3) is 6.80. The lowest BCUT2D eigenvalue weighted by atomic mass is 10.2. The van der Waals surface area contributed by atoms with Gasteiger partial charge in [0.2, 0.25) is 5.91 Å². The number of ether oxygens (including phenoxy) is 1. The molecule has 21 heavy (non-hydrogen) atoms. The Morgan fingerprint density at radius 3 is 2.76 bits per heavy atom. The summed E-state index contributed by atoms with van der Waals surface area (Å²) in [7, 11) is 1.54. The summed E-state index contributed by atoms with van der Waals surface area (Å²) in [5.74, 6) is 0.454. The number of amides is 1. The van der Waals surface area contributed by atoms with Crippen molar-refractivity contribution in [1.29, 1.82) is 0 Å². The predicted octanol–water partition coefficient (Wildman–Crippen LogP) is 2.43. The first-order chi connectivity index (χ1) is 9.92. The SMILES string of the molecule is COc1ccc(Cl)cc1NC(=O)CC(C)NCCC(C)O. The van der Waals surface area contributed by atoms with Crippen molar-refractivity contribution in [2.75, 3.05) is 19.0 Å². The Hall–Kier alpha value is -1.30. The molecule has 0 saturated heterocycles. The average molecular weight is 315 g/mol. The molecule has 0 aromatic heterocycles. The molecule has 5 nitrogen and oxygen atoms in total. The van der Waals surface area contributed by atoms with Crippen molar-refractivity contribution < 1.29 is 14.6 Å². The molecule has 0 radical (unpaired) electrons. The maximum atomic E-state index is 12.0. The van der Waals surface area contributed by atoms with Gasteiger partial charge < -0.3 is 20.5 Å². The van der Waals surface area contributed by atoms with Crippen LogP contribution < -0.4 is 15.4 Å². The molecule has 0 bridgehead atoms. The fourth-order valence-corrected chi connectivity index (χ4v) is 2.04. The minimum atomic E-state index is -0.339. The maximum Gasteiger partial charge on any atom is 0.226 e. The molecule has 6 heteroatoms. The minimum Gasteiger partial charge on any atom is -0.495 e. The van der Waals surface area contributed by atoms with Crippen molar-refractivity contribution >= 4 is 23.2 Å². The van der Waals surface area contributed by atoms with Gasteiger partial charge in [-0.15, -0.1) is 0 Å². The van der Waals surface area contributed by atoms with Crippen molar-refractivity contribution in [2.24, 2.45) is 0 Å². The van der Waals surface area contributed by atoms with Crippen LogP contribution in [0, 0.1) is 0 Å². The smallest absolute Gasteiger partial charge is 0.226 e. The highest BCUT2D eigenvalue weighted by molar-refractivity contribution is 6.31. The van der Waals surface area contributed by atoms with E-state index >= 15 is 0 Å². The summed E-state index contributed by atoms with van der Waals surface area (Å²) in [4.78, 5) is 12.0. The van der Waals surface area contributed by atoms with Crippen LogP contribution in [0.15, 0.2) is 18.2 Å². The summed E-state index contributed by atoms with van der Waals surface area (Å²) in [6.45, 7) is 4.34. The van der Waals surface area contributed by atoms with Crippen molar-refractivity contribution in [1.82, 2.24) is 5.32 Å². The summed E-state index contributed by atoms with van der Waals surface area (Å²) in [6, 6.07) is 5.09. The van der Waals surface area contributed by atoms with Crippen LogP contribution in [0.2, 0.25) is 5.02 Å². The highest BCUT2D eigenvalue weighted by atomic mass is 35.5. The first kappa shape index (κ1) is 17.8. The first-order valence-electron chi connectivity index (χ1n) is 6.97. The largest absolute Gasteiger partial charge is 0.495 e. The molecule has 2 atom stereocenters. The molecule has 118 valence electrons. The Labute approximate surface area is 130 Å². The Morgan fingerprint density at radius 1 is 1.43 bits per heavy atom. The second-order valence-electron chi connectivity index (χ2n) is 5.09. The Bertz CT molecular complexity index is 466. The number of aliphatic hydroxyl groups is 1. The minimum absolute atomic E-state index is 0.0222. The van der Waals surface area contributed by atoms with Gasteiger partial charge in [0.15, 0.2) is 0 Å². The van der Waals surface area contributed by atoms with E-state index in [0.717, 1.165) is 0 Å². The first-order valence-corrected chi connectivity index (χ1v) is 7.35. The van der Waals surface area contributed by atoms with Crippen LogP contribution in [0.25, 0.3) is 0 Å². The molecular weight excluding hydrogens is 292 g/mol. The van der Waals surface area contributed by atoms with Crippen LogP contribution in [0.4, 0.5) is 5.69 Å². The lowest BCUT2D eigenvalue weighted by molar-refractivity contribution is -0.116. The number of carbonyl (C=O) groups is 1. The summed E-state index contributed by atoms with van der Waals surface area (Å²) in [5.41, 5.74) is 0.561. The molecule has 1 amide bonds. The Balaban J connectivity index is 2.48. The molecule has 1 rings (SSSR count). The second-order valence-corrected chi connectivity index (χ2v) is 5.53. The molecular formula is C15H23ClN2O3. The number of benzene rings is 1. The Kier molecular flexibility index (Phi) is 7.50. The van der Waals surface area contributed by atoms with Gasteiger partial charge in [0, 0.05) is 17.5 Å². The molecule has 2 unspecified atom stereocenters. The molecule has 0 fully saturated rings. The highest BCUT2D eigenvalue weighted by Crippen LogP contribution is 2.27. The van der Waals surface area contributed by atoms with Crippen LogP contribution >= 0.6 is 11.6 Å². The summed E-state index contributed by atoms with van der Waals surface area (Å²) < 4.78 is 5.18. The number of carbonyl (C=O) groups excluding carboxylic acids is 1. The average Bonchev–Trinajstić information content (AvgIpc) is 2.38. The van der Waals surface area contributed by atoms with Crippen LogP contribution in [0.3, 0.4) is 0 Å². The van der Waals surface area contributed by atoms with Gasteiger partial charge in [-0.3, -0.25) is 4.79 Å². The fourth-order valence-electron chi connectivity index (χ4n) is 1.87. The van der Waals surface area contributed by atoms with Crippen LogP contribution in [0.5, 0.6) is 5.75 Å². The van der Waals surface area contributed by atoms with Gasteiger partial charge in [-0.2, -0.15) is 0 Å². The van der Waals surface area contributed by atoms with Crippen molar-refractivity contribution in [2.45, 2.75) is 38.8 Å². The van der Waals surface area contributed by atoms with Crippen molar-refractivity contribution in [3.05, 3.63) is 23.2 Å². The van der Waals surface area contributed by atoms with Crippen molar-refractivity contribution in [3.8, 4) is 5.75 Å². The number of methoxy groups -OCH3 is 1. The third-order valence-corrected chi connectivity index (χ3v) is 3.22. The van der Waals surface area contributed by atoms with Crippen LogP contribution in [0.1, 0.15) is 26.7 Å². The summed E-state index contributed by atoms with van der Waals surface area (Å²) in [5, 5.41) is 15.7. The zero-order chi connectivity index (χ0) is 15.8. The van der Waals surface area contributed by atoms with Gasteiger partial charge in [0.1, 0.15) is 5.75 Å². The third-order valence-electron chi connectivity index (χ3n) is 2.98. The lowest BCUT2D eigenvalue weighted by Gasteiger charge is -2.15. The van der Waals surface area contributed by atoms with E-state index in [4.69, 9.17) is 16.3 Å². The second kappa shape index (κ2) is 8.87. The molecule has 0 spiro atoms. The highest BCUT2D eigenvalue weighted by Gasteiger charge is 2.12. The zero-order valence-corrected chi connectivity index (χ0v) is 13.4. The lowest BCUT2D eigenvalue weighted by Crippen LogP contribution is -2.32. The van der Waals surface area contributed by atoms with E-state index in [9.17, 15) is 9.90 Å². The van der Waals surface area contributed by atoms with E-state index in [2.05, 4.69) is 10.6 Å². The van der Waals surface area contributed by atoms with E-state index in [-0.39, 0.29) is 18.1 Å². The molecule has 0 saturated carbocycles. The van der Waals surface area contributed by atoms with Crippen LogP contribution in [-0.2, 0) is 4.79 Å². The van der Waals surface area contributed by atoms with Crippen molar-refractivity contribution in [3.63, 3.8) is 0 Å². The number of halogens is 1. The number of hydrogen-bond acceptors (Lipinski definition) is 4. The summed E-state index contributed by atoms with van der Waals surface area (Å²) in [6.07, 6.45) is 0.651. The topological polar surface area (TPSA) is 70.6 Å². The summed E-state index contributed by atoms with van der Waals surface area (Å²) >= 11 is 5.92.